The molecule has 1 heterocycles. The predicted molar refractivity (Wildman–Crippen MR) is 56.9 cm³/mol. The number of ether oxygens (including phenoxy) is 2. The maximum atomic E-state index is 5.43. The molecule has 86 valence electrons. The first-order chi connectivity index (χ1) is 7.33. The van der Waals surface area contributed by atoms with Gasteiger partial charge in [-0.3, -0.25) is 0 Å². The largest absolute Gasteiger partial charge is 0.385 e. The van der Waals surface area contributed by atoms with Gasteiger partial charge in [-0.2, -0.15) is 0 Å². The minimum Gasteiger partial charge on any atom is -0.385 e. The van der Waals surface area contributed by atoms with Gasteiger partial charge in [0.1, 0.15) is 5.76 Å². The topological polar surface area (TPSA) is 44.5 Å². The molecule has 0 fully saturated rings. The van der Waals surface area contributed by atoms with E-state index in [1.165, 1.54) is 0 Å². The number of rotatable bonds is 8. The third-order valence-corrected chi connectivity index (χ3v) is 2.04. The van der Waals surface area contributed by atoms with Gasteiger partial charge in [-0.25, -0.2) is 0 Å². The standard InChI is InChI=1S/C11H19NO3/c1-10-9-11(12-15-10)5-3-7-14-8-4-6-13-2/h9H,3-8H2,1-2H3. The lowest BCUT2D eigenvalue weighted by molar-refractivity contribution is 0.101. The molecule has 1 aromatic heterocycles. The fourth-order valence-electron chi connectivity index (χ4n) is 1.30. The van der Waals surface area contributed by atoms with E-state index in [-0.39, 0.29) is 0 Å². The summed E-state index contributed by atoms with van der Waals surface area (Å²) in [4.78, 5) is 0. The Morgan fingerprint density at radius 2 is 2.07 bits per heavy atom. The van der Waals surface area contributed by atoms with E-state index < -0.39 is 0 Å². The van der Waals surface area contributed by atoms with Crippen LogP contribution in [0.25, 0.3) is 0 Å². The van der Waals surface area contributed by atoms with Crippen LogP contribution in [-0.4, -0.2) is 32.1 Å². The average molecular weight is 213 g/mol. The molecule has 1 rings (SSSR count). The van der Waals surface area contributed by atoms with Crippen LogP contribution in [0.4, 0.5) is 0 Å². The van der Waals surface area contributed by atoms with Crippen molar-refractivity contribution < 1.29 is 14.0 Å². The van der Waals surface area contributed by atoms with Gasteiger partial charge in [-0.1, -0.05) is 5.16 Å². The van der Waals surface area contributed by atoms with Crippen molar-refractivity contribution in [2.75, 3.05) is 26.9 Å². The molecule has 1 aromatic rings. The number of aryl methyl sites for hydroxylation is 2. The maximum Gasteiger partial charge on any atom is 0.133 e. The van der Waals surface area contributed by atoms with E-state index >= 15 is 0 Å². The van der Waals surface area contributed by atoms with Crippen molar-refractivity contribution in [1.29, 1.82) is 0 Å². The lowest BCUT2D eigenvalue weighted by Gasteiger charge is -2.02. The Kier molecular flexibility index (Phi) is 6.04. The van der Waals surface area contributed by atoms with Gasteiger partial charge in [0.25, 0.3) is 0 Å². The van der Waals surface area contributed by atoms with Crippen LogP contribution in [0.2, 0.25) is 0 Å². The Morgan fingerprint density at radius 3 is 2.73 bits per heavy atom. The molecule has 0 atom stereocenters. The summed E-state index contributed by atoms with van der Waals surface area (Å²) in [7, 11) is 1.70. The zero-order valence-corrected chi connectivity index (χ0v) is 9.49. The molecule has 0 aliphatic heterocycles. The van der Waals surface area contributed by atoms with E-state index in [1.807, 2.05) is 13.0 Å². The second-order valence-electron chi connectivity index (χ2n) is 3.49. The van der Waals surface area contributed by atoms with Crippen molar-refractivity contribution in [1.82, 2.24) is 5.16 Å². The van der Waals surface area contributed by atoms with Gasteiger partial charge in [-0.15, -0.1) is 0 Å². The molecule has 0 amide bonds. The van der Waals surface area contributed by atoms with E-state index in [4.69, 9.17) is 14.0 Å². The molecule has 0 aliphatic carbocycles. The first-order valence-electron chi connectivity index (χ1n) is 5.32. The number of hydrogen-bond donors (Lipinski definition) is 0. The molecule has 0 N–H and O–H groups in total. The lowest BCUT2D eigenvalue weighted by Crippen LogP contribution is -2.01. The van der Waals surface area contributed by atoms with E-state index in [0.29, 0.717) is 0 Å². The smallest absolute Gasteiger partial charge is 0.133 e. The molecule has 4 heteroatoms. The van der Waals surface area contributed by atoms with E-state index in [9.17, 15) is 0 Å². The van der Waals surface area contributed by atoms with Gasteiger partial charge in [-0.05, 0) is 26.2 Å². The second kappa shape index (κ2) is 7.43. The van der Waals surface area contributed by atoms with Crippen LogP contribution in [0, 0.1) is 6.92 Å². The van der Waals surface area contributed by atoms with Crippen molar-refractivity contribution >= 4 is 0 Å². The summed E-state index contributed by atoms with van der Waals surface area (Å²) in [6, 6.07) is 1.96. The molecule has 0 saturated heterocycles. The van der Waals surface area contributed by atoms with Gasteiger partial charge in [0.15, 0.2) is 0 Å². The second-order valence-corrected chi connectivity index (χ2v) is 3.49. The van der Waals surface area contributed by atoms with Crippen LogP contribution in [0.5, 0.6) is 0 Å². The molecule has 0 aromatic carbocycles. The van der Waals surface area contributed by atoms with Crippen molar-refractivity contribution in [3.8, 4) is 0 Å². The van der Waals surface area contributed by atoms with E-state index in [0.717, 1.165) is 50.5 Å². The first-order valence-corrected chi connectivity index (χ1v) is 5.32. The molecule has 0 bridgehead atoms. The molecule has 0 spiro atoms. The third kappa shape index (κ3) is 5.54. The average Bonchev–Trinajstić information content (AvgIpc) is 2.63. The highest BCUT2D eigenvalue weighted by Crippen LogP contribution is 2.04. The summed E-state index contributed by atoms with van der Waals surface area (Å²) in [6.07, 6.45) is 2.86. The van der Waals surface area contributed by atoms with Crippen LogP contribution in [0.3, 0.4) is 0 Å². The summed E-state index contributed by atoms with van der Waals surface area (Å²) in [5.41, 5.74) is 1.01. The Labute approximate surface area is 90.5 Å². The first kappa shape index (κ1) is 12.2. The van der Waals surface area contributed by atoms with E-state index in [1.54, 1.807) is 7.11 Å². The van der Waals surface area contributed by atoms with E-state index in [2.05, 4.69) is 5.16 Å². The van der Waals surface area contributed by atoms with Gasteiger partial charge in [0.05, 0.1) is 5.69 Å². The molecule has 4 nitrogen and oxygen atoms in total. The van der Waals surface area contributed by atoms with Crippen LogP contribution in [-0.2, 0) is 15.9 Å². The SMILES string of the molecule is COCCCOCCCc1cc(C)on1. The summed E-state index contributed by atoms with van der Waals surface area (Å²) in [5.74, 6) is 0.867. The fourth-order valence-corrected chi connectivity index (χ4v) is 1.30. The highest BCUT2D eigenvalue weighted by molar-refractivity contribution is 5.03. The molecular weight excluding hydrogens is 194 g/mol. The van der Waals surface area contributed by atoms with Crippen molar-refractivity contribution in [2.45, 2.75) is 26.2 Å². The van der Waals surface area contributed by atoms with Gasteiger partial charge >= 0.3 is 0 Å². The van der Waals surface area contributed by atoms with Crippen molar-refractivity contribution in [3.05, 3.63) is 17.5 Å². The van der Waals surface area contributed by atoms with Crippen LogP contribution >= 0.6 is 0 Å². The number of nitrogens with zero attached hydrogens (tertiary/aromatic N) is 1. The summed E-state index contributed by atoms with van der Waals surface area (Å²) < 4.78 is 15.3. The Balaban J connectivity index is 1.93. The highest BCUT2D eigenvalue weighted by atomic mass is 16.5. The molecular formula is C11H19NO3. The Morgan fingerprint density at radius 1 is 1.27 bits per heavy atom. The Bertz CT molecular complexity index is 260. The molecule has 0 radical (unpaired) electrons. The van der Waals surface area contributed by atoms with Crippen molar-refractivity contribution in [3.63, 3.8) is 0 Å². The monoisotopic (exact) mass is 213 g/mol. The summed E-state index contributed by atoms with van der Waals surface area (Å²) >= 11 is 0. The minimum atomic E-state index is 0.766. The fraction of sp³-hybridized carbons (Fsp3) is 0.727. The van der Waals surface area contributed by atoms with Gasteiger partial charge in [0, 0.05) is 33.0 Å². The molecule has 0 saturated carbocycles. The number of hydrogen-bond acceptors (Lipinski definition) is 4. The summed E-state index contributed by atoms with van der Waals surface area (Å²) in [6.45, 7) is 4.21. The zero-order valence-electron chi connectivity index (χ0n) is 9.49. The Hall–Kier alpha value is -0.870. The molecule has 0 aliphatic rings. The van der Waals surface area contributed by atoms with Crippen molar-refractivity contribution in [2.24, 2.45) is 0 Å². The molecule has 0 unspecified atom stereocenters. The minimum absolute atomic E-state index is 0.766. The quantitative estimate of drug-likeness (QED) is 0.619. The van der Waals surface area contributed by atoms with Gasteiger partial charge < -0.3 is 14.0 Å². The zero-order chi connectivity index (χ0) is 10.9. The number of aromatic nitrogens is 1. The number of methoxy groups -OCH3 is 1. The highest BCUT2D eigenvalue weighted by Gasteiger charge is 1.99. The predicted octanol–water partition coefficient (Wildman–Crippen LogP) is 1.97. The lowest BCUT2D eigenvalue weighted by atomic mass is 10.2. The van der Waals surface area contributed by atoms with Crippen LogP contribution in [0.15, 0.2) is 10.6 Å². The third-order valence-electron chi connectivity index (χ3n) is 2.04. The van der Waals surface area contributed by atoms with Crippen LogP contribution < -0.4 is 0 Å². The molecule has 15 heavy (non-hydrogen) atoms. The maximum absolute atomic E-state index is 5.43. The normalized spacial score (nSPS) is 10.8. The summed E-state index contributed by atoms with van der Waals surface area (Å²) in [5, 5.41) is 3.91. The van der Waals surface area contributed by atoms with Crippen LogP contribution in [0.1, 0.15) is 24.3 Å². The van der Waals surface area contributed by atoms with Gasteiger partial charge in [0.2, 0.25) is 0 Å².